The lowest BCUT2D eigenvalue weighted by molar-refractivity contribution is -0.137. The number of rotatable bonds is 1. The van der Waals surface area contributed by atoms with E-state index in [4.69, 9.17) is 0 Å². The molecule has 7 heteroatoms. The predicted molar refractivity (Wildman–Crippen MR) is 72.0 cm³/mol. The molecule has 0 aliphatic carbocycles. The zero-order valence-corrected chi connectivity index (χ0v) is 11.5. The Hall–Kier alpha value is -1.89. The number of hydrogen-bond acceptors (Lipinski definition) is 2. The molecule has 2 heterocycles. The normalized spacial score (nSPS) is 12.0. The highest BCUT2D eigenvalue weighted by Gasteiger charge is 2.30. The van der Waals surface area contributed by atoms with E-state index in [1.165, 1.54) is 6.07 Å². The Morgan fingerprint density at radius 3 is 2.60 bits per heavy atom. The van der Waals surface area contributed by atoms with Crippen molar-refractivity contribution in [2.24, 2.45) is 0 Å². The number of imidazole rings is 1. The lowest BCUT2D eigenvalue weighted by Crippen LogP contribution is -2.04. The van der Waals surface area contributed by atoms with Gasteiger partial charge in [-0.25, -0.2) is 9.97 Å². The number of hydrogen-bond donors (Lipinski definition) is 1. The van der Waals surface area contributed by atoms with Crippen LogP contribution in [0.15, 0.2) is 41.1 Å². The van der Waals surface area contributed by atoms with Crippen molar-refractivity contribution in [1.82, 2.24) is 15.0 Å². The fourth-order valence-electron chi connectivity index (χ4n) is 1.87. The molecule has 0 saturated heterocycles. The number of alkyl halides is 3. The van der Waals surface area contributed by atoms with Crippen molar-refractivity contribution >= 4 is 27.0 Å². The van der Waals surface area contributed by atoms with Crippen LogP contribution >= 0.6 is 15.9 Å². The first-order valence-electron chi connectivity index (χ1n) is 5.62. The third-order valence-corrected chi connectivity index (χ3v) is 3.24. The van der Waals surface area contributed by atoms with E-state index in [0.29, 0.717) is 21.5 Å². The van der Waals surface area contributed by atoms with Crippen LogP contribution in [0.4, 0.5) is 13.2 Å². The maximum atomic E-state index is 12.6. The zero-order chi connectivity index (χ0) is 14.3. The van der Waals surface area contributed by atoms with Gasteiger partial charge in [-0.2, -0.15) is 13.2 Å². The second-order valence-corrected chi connectivity index (χ2v) is 4.99. The molecular formula is C13H7BrF3N3. The summed E-state index contributed by atoms with van der Waals surface area (Å²) < 4.78 is 38.6. The van der Waals surface area contributed by atoms with Crippen molar-refractivity contribution in [3.05, 3.63) is 46.7 Å². The maximum absolute atomic E-state index is 12.6. The molecule has 3 rings (SSSR count). The van der Waals surface area contributed by atoms with Crippen LogP contribution in [0.2, 0.25) is 0 Å². The standard InChI is InChI=1S/C13H7BrF3N3/c14-11-5-7(3-4-18-11)12-19-9-2-1-8(13(15,16)17)6-10(9)20-12/h1-6H,(H,19,20). The minimum absolute atomic E-state index is 0.350. The monoisotopic (exact) mass is 341 g/mol. The van der Waals surface area contributed by atoms with E-state index in [1.54, 1.807) is 18.3 Å². The second-order valence-electron chi connectivity index (χ2n) is 4.18. The van der Waals surface area contributed by atoms with Crippen LogP contribution in [0.3, 0.4) is 0 Å². The molecule has 2 aromatic heterocycles. The molecule has 1 aromatic carbocycles. The van der Waals surface area contributed by atoms with Gasteiger partial charge in [0.1, 0.15) is 10.4 Å². The average molecular weight is 342 g/mol. The summed E-state index contributed by atoms with van der Waals surface area (Å²) in [5.41, 5.74) is 0.886. The van der Waals surface area contributed by atoms with Gasteiger partial charge in [0.2, 0.25) is 0 Å². The van der Waals surface area contributed by atoms with Crippen LogP contribution in [0.25, 0.3) is 22.4 Å². The molecule has 0 aliphatic rings. The van der Waals surface area contributed by atoms with Crippen molar-refractivity contribution < 1.29 is 13.2 Å². The Kier molecular flexibility index (Phi) is 3.01. The van der Waals surface area contributed by atoms with Gasteiger partial charge < -0.3 is 4.98 Å². The molecule has 0 radical (unpaired) electrons. The van der Waals surface area contributed by atoms with Gasteiger partial charge in [0.15, 0.2) is 0 Å². The van der Waals surface area contributed by atoms with Crippen LogP contribution in [0.5, 0.6) is 0 Å². The highest BCUT2D eigenvalue weighted by molar-refractivity contribution is 9.10. The molecule has 0 spiro atoms. The molecule has 102 valence electrons. The fraction of sp³-hybridized carbons (Fsp3) is 0.0769. The summed E-state index contributed by atoms with van der Waals surface area (Å²) in [6.07, 6.45) is -2.77. The topological polar surface area (TPSA) is 41.6 Å². The number of pyridine rings is 1. The van der Waals surface area contributed by atoms with Crippen LogP contribution in [0, 0.1) is 0 Å². The first-order chi connectivity index (χ1) is 9.43. The minimum atomic E-state index is -4.36. The molecule has 1 N–H and O–H groups in total. The molecule has 0 amide bonds. The third kappa shape index (κ3) is 2.40. The summed E-state index contributed by atoms with van der Waals surface area (Å²) in [6.45, 7) is 0. The van der Waals surface area contributed by atoms with E-state index in [9.17, 15) is 13.2 Å². The van der Waals surface area contributed by atoms with Crippen molar-refractivity contribution in [3.8, 4) is 11.4 Å². The predicted octanol–water partition coefficient (Wildman–Crippen LogP) is 4.41. The summed E-state index contributed by atoms with van der Waals surface area (Å²) in [5, 5.41) is 0. The Labute approximate surface area is 120 Å². The average Bonchev–Trinajstić information content (AvgIpc) is 2.80. The van der Waals surface area contributed by atoms with Crippen molar-refractivity contribution in [2.45, 2.75) is 6.18 Å². The third-order valence-electron chi connectivity index (χ3n) is 2.81. The SMILES string of the molecule is FC(F)(F)c1ccc2nc(-c3ccnc(Br)c3)[nH]c2c1. The lowest BCUT2D eigenvalue weighted by atomic mass is 10.2. The largest absolute Gasteiger partial charge is 0.416 e. The molecule has 0 aliphatic heterocycles. The number of nitrogens with one attached hydrogen (secondary N) is 1. The van der Waals surface area contributed by atoms with Crippen molar-refractivity contribution in [1.29, 1.82) is 0 Å². The summed E-state index contributed by atoms with van der Waals surface area (Å²) >= 11 is 3.24. The van der Waals surface area contributed by atoms with Gasteiger partial charge in [-0.05, 0) is 46.3 Å². The molecule has 0 saturated carbocycles. The van der Waals surface area contributed by atoms with Crippen LogP contribution in [-0.4, -0.2) is 15.0 Å². The smallest absolute Gasteiger partial charge is 0.338 e. The van der Waals surface area contributed by atoms with Gasteiger partial charge in [-0.1, -0.05) is 0 Å². The van der Waals surface area contributed by atoms with Gasteiger partial charge in [0.25, 0.3) is 0 Å². The number of H-pyrrole nitrogens is 1. The number of benzene rings is 1. The molecule has 20 heavy (non-hydrogen) atoms. The summed E-state index contributed by atoms with van der Waals surface area (Å²) in [6, 6.07) is 6.90. The van der Waals surface area contributed by atoms with E-state index in [0.717, 1.165) is 17.7 Å². The Morgan fingerprint density at radius 1 is 1.10 bits per heavy atom. The summed E-state index contributed by atoms with van der Waals surface area (Å²) in [5.74, 6) is 0.502. The van der Waals surface area contributed by atoms with Gasteiger partial charge in [-0.3, -0.25) is 0 Å². The zero-order valence-electron chi connectivity index (χ0n) is 9.87. The fourth-order valence-corrected chi connectivity index (χ4v) is 2.24. The van der Waals surface area contributed by atoms with Crippen LogP contribution in [-0.2, 0) is 6.18 Å². The summed E-state index contributed by atoms with van der Waals surface area (Å²) in [4.78, 5) is 11.2. The molecule has 0 atom stereocenters. The Morgan fingerprint density at radius 2 is 1.90 bits per heavy atom. The second kappa shape index (κ2) is 4.59. The lowest BCUT2D eigenvalue weighted by Gasteiger charge is -2.05. The first-order valence-corrected chi connectivity index (χ1v) is 6.42. The minimum Gasteiger partial charge on any atom is -0.338 e. The van der Waals surface area contributed by atoms with Gasteiger partial charge >= 0.3 is 6.18 Å². The molecular weight excluding hydrogens is 335 g/mol. The molecule has 0 fully saturated rings. The number of halogens is 4. The van der Waals surface area contributed by atoms with E-state index < -0.39 is 11.7 Å². The van der Waals surface area contributed by atoms with Gasteiger partial charge in [-0.15, -0.1) is 0 Å². The maximum Gasteiger partial charge on any atom is 0.416 e. The highest BCUT2D eigenvalue weighted by atomic mass is 79.9. The van der Waals surface area contributed by atoms with E-state index >= 15 is 0 Å². The Balaban J connectivity index is 2.11. The van der Waals surface area contributed by atoms with Crippen LogP contribution in [0.1, 0.15) is 5.56 Å². The van der Waals surface area contributed by atoms with Gasteiger partial charge in [0, 0.05) is 11.8 Å². The molecule has 3 aromatic rings. The summed E-state index contributed by atoms with van der Waals surface area (Å²) in [7, 11) is 0. The Bertz CT molecular complexity index is 780. The van der Waals surface area contributed by atoms with E-state index in [2.05, 4.69) is 30.9 Å². The number of aromatic nitrogens is 3. The quantitative estimate of drug-likeness (QED) is 0.666. The van der Waals surface area contributed by atoms with Crippen LogP contribution < -0.4 is 0 Å². The van der Waals surface area contributed by atoms with Crippen molar-refractivity contribution in [3.63, 3.8) is 0 Å². The van der Waals surface area contributed by atoms with Gasteiger partial charge in [0.05, 0.1) is 16.6 Å². The number of fused-ring (bicyclic) bond motifs is 1. The first kappa shape index (κ1) is 13.1. The molecule has 0 unspecified atom stereocenters. The number of aromatic amines is 1. The highest BCUT2D eigenvalue weighted by Crippen LogP contribution is 2.31. The van der Waals surface area contributed by atoms with E-state index in [-0.39, 0.29) is 0 Å². The molecule has 0 bridgehead atoms. The molecule has 3 nitrogen and oxygen atoms in total. The van der Waals surface area contributed by atoms with E-state index in [1.807, 2.05) is 0 Å². The van der Waals surface area contributed by atoms with Crippen molar-refractivity contribution in [2.75, 3.05) is 0 Å². The number of nitrogens with zero attached hydrogens (tertiary/aromatic N) is 2.